The first-order valence-electron chi connectivity index (χ1n) is 8.59. The number of ether oxygens (including phenoxy) is 1. The molecule has 1 aromatic heterocycles. The fourth-order valence-electron chi connectivity index (χ4n) is 2.74. The lowest BCUT2D eigenvalue weighted by atomic mass is 10.1. The molecule has 1 N–H and O–H groups in total. The van der Waals surface area contributed by atoms with Crippen molar-refractivity contribution in [1.82, 2.24) is 4.98 Å². The lowest BCUT2D eigenvalue weighted by molar-refractivity contribution is -0.137. The molecule has 0 aliphatic carbocycles. The molecule has 0 amide bonds. The second-order valence-corrected chi connectivity index (χ2v) is 6.87. The predicted molar refractivity (Wildman–Crippen MR) is 105 cm³/mol. The fraction of sp³-hybridized carbons (Fsp3) is 0.300. The number of fused-ring (bicyclic) bond motifs is 3. The summed E-state index contributed by atoms with van der Waals surface area (Å²) >= 11 is 1.72. The lowest BCUT2D eigenvalue weighted by Crippen LogP contribution is -2.03. The van der Waals surface area contributed by atoms with Crippen molar-refractivity contribution in [2.75, 3.05) is 18.5 Å². The Hall–Kier alpha value is -2.40. The minimum Gasteiger partial charge on any atom is -0.463 e. The van der Waals surface area contributed by atoms with Crippen molar-refractivity contribution in [3.8, 4) is 0 Å². The predicted octanol–water partition coefficient (Wildman–Crippen LogP) is 5.15. The van der Waals surface area contributed by atoms with Crippen LogP contribution in [0.25, 0.3) is 21.0 Å². The number of aromatic nitrogens is 1. The highest BCUT2D eigenvalue weighted by Crippen LogP contribution is 2.32. The van der Waals surface area contributed by atoms with Crippen molar-refractivity contribution in [1.29, 1.82) is 0 Å². The third-order valence-electron chi connectivity index (χ3n) is 4.04. The maximum Gasteiger partial charge on any atom is 0.330 e. The van der Waals surface area contributed by atoms with Gasteiger partial charge in [0, 0.05) is 18.0 Å². The van der Waals surface area contributed by atoms with Crippen molar-refractivity contribution >= 4 is 43.4 Å². The van der Waals surface area contributed by atoms with Crippen LogP contribution in [0.1, 0.15) is 25.7 Å². The van der Waals surface area contributed by atoms with E-state index in [2.05, 4.69) is 53.3 Å². The van der Waals surface area contributed by atoms with Gasteiger partial charge in [0.05, 0.1) is 16.8 Å². The molecule has 5 heteroatoms. The first-order chi connectivity index (χ1) is 12.3. The Bertz CT molecular complexity index is 872. The van der Waals surface area contributed by atoms with Crippen molar-refractivity contribution in [3.63, 3.8) is 0 Å². The van der Waals surface area contributed by atoms with Crippen molar-refractivity contribution in [2.45, 2.75) is 25.7 Å². The molecule has 0 aliphatic rings. The van der Waals surface area contributed by atoms with Crippen LogP contribution >= 0.6 is 11.3 Å². The van der Waals surface area contributed by atoms with Gasteiger partial charge >= 0.3 is 5.97 Å². The van der Waals surface area contributed by atoms with E-state index in [-0.39, 0.29) is 5.97 Å². The summed E-state index contributed by atoms with van der Waals surface area (Å²) in [5, 5.41) is 6.92. The molecule has 0 spiro atoms. The number of anilines is 1. The number of nitrogens with one attached hydrogen (secondary N) is 1. The summed E-state index contributed by atoms with van der Waals surface area (Å²) in [7, 11) is 0. The SMILES string of the molecule is C=CC(=O)OCCCCCCNc1nc2ccc3ccccc3c2s1. The van der Waals surface area contributed by atoms with Gasteiger partial charge in [0.2, 0.25) is 0 Å². The van der Waals surface area contributed by atoms with E-state index in [1.54, 1.807) is 11.3 Å². The van der Waals surface area contributed by atoms with Crippen molar-refractivity contribution in [3.05, 3.63) is 49.1 Å². The lowest BCUT2D eigenvalue weighted by Gasteiger charge is -2.03. The first-order valence-corrected chi connectivity index (χ1v) is 9.41. The summed E-state index contributed by atoms with van der Waals surface area (Å²) in [5.41, 5.74) is 1.05. The number of carbonyl (C=O) groups excluding carboxylic acids is 1. The Morgan fingerprint density at radius 1 is 1.16 bits per heavy atom. The Balaban J connectivity index is 1.44. The number of rotatable bonds is 9. The highest BCUT2D eigenvalue weighted by Gasteiger charge is 2.06. The van der Waals surface area contributed by atoms with Gasteiger partial charge in [-0.15, -0.1) is 0 Å². The molecule has 3 aromatic rings. The van der Waals surface area contributed by atoms with Crippen LogP contribution < -0.4 is 5.32 Å². The maximum atomic E-state index is 10.9. The highest BCUT2D eigenvalue weighted by atomic mass is 32.1. The zero-order valence-corrected chi connectivity index (χ0v) is 15.0. The summed E-state index contributed by atoms with van der Waals surface area (Å²) in [5.74, 6) is -0.343. The van der Waals surface area contributed by atoms with Gasteiger partial charge in [-0.1, -0.05) is 54.7 Å². The Morgan fingerprint density at radius 2 is 2.00 bits per heavy atom. The summed E-state index contributed by atoms with van der Waals surface area (Å²) in [6.07, 6.45) is 5.33. The number of hydrogen-bond acceptors (Lipinski definition) is 5. The first kappa shape index (κ1) is 17.4. The minimum atomic E-state index is -0.343. The zero-order chi connectivity index (χ0) is 17.5. The number of esters is 1. The molecule has 0 radical (unpaired) electrons. The third kappa shape index (κ3) is 4.57. The number of hydrogen-bond donors (Lipinski definition) is 1. The summed E-state index contributed by atoms with van der Waals surface area (Å²) in [6, 6.07) is 12.6. The Labute approximate surface area is 151 Å². The molecule has 25 heavy (non-hydrogen) atoms. The number of unbranched alkanes of at least 4 members (excludes halogenated alkanes) is 3. The number of carbonyl (C=O) groups is 1. The topological polar surface area (TPSA) is 51.2 Å². The number of benzene rings is 2. The van der Waals surface area contributed by atoms with Crippen molar-refractivity contribution < 1.29 is 9.53 Å². The van der Waals surface area contributed by atoms with Gasteiger partial charge < -0.3 is 10.1 Å². The summed E-state index contributed by atoms with van der Waals surface area (Å²) in [4.78, 5) is 15.6. The molecule has 0 atom stereocenters. The molecular formula is C20H22N2O2S. The van der Waals surface area contributed by atoms with Gasteiger partial charge in [0.1, 0.15) is 0 Å². The van der Waals surface area contributed by atoms with E-state index in [0.29, 0.717) is 6.61 Å². The fourth-order valence-corrected chi connectivity index (χ4v) is 3.76. The van der Waals surface area contributed by atoms with E-state index < -0.39 is 0 Å². The molecule has 0 aliphatic heterocycles. The second-order valence-electron chi connectivity index (χ2n) is 5.87. The van der Waals surface area contributed by atoms with Gasteiger partial charge in [-0.25, -0.2) is 9.78 Å². The quantitative estimate of drug-likeness (QED) is 0.328. The Kier molecular flexibility index (Phi) is 6.01. The molecule has 3 rings (SSSR count). The van der Waals surface area contributed by atoms with Gasteiger partial charge in [-0.2, -0.15) is 0 Å². The molecule has 0 unspecified atom stereocenters. The van der Waals surface area contributed by atoms with E-state index in [1.807, 2.05) is 0 Å². The number of nitrogens with zero attached hydrogens (tertiary/aromatic N) is 1. The normalized spacial score (nSPS) is 10.9. The Morgan fingerprint density at radius 3 is 2.88 bits per heavy atom. The van der Waals surface area contributed by atoms with Crippen LogP contribution in [0, 0.1) is 0 Å². The molecule has 1 heterocycles. The molecule has 130 valence electrons. The van der Waals surface area contributed by atoms with Crippen LogP contribution in [0.4, 0.5) is 5.13 Å². The summed E-state index contributed by atoms with van der Waals surface area (Å²) < 4.78 is 6.20. The largest absolute Gasteiger partial charge is 0.463 e. The smallest absolute Gasteiger partial charge is 0.330 e. The maximum absolute atomic E-state index is 10.9. The molecule has 0 saturated heterocycles. The van der Waals surface area contributed by atoms with Crippen LogP contribution in [0.15, 0.2) is 49.1 Å². The van der Waals surface area contributed by atoms with E-state index in [0.717, 1.165) is 42.9 Å². The third-order valence-corrected chi connectivity index (χ3v) is 5.10. The average molecular weight is 354 g/mol. The highest BCUT2D eigenvalue weighted by molar-refractivity contribution is 7.23. The van der Waals surface area contributed by atoms with Crippen LogP contribution in [-0.2, 0) is 9.53 Å². The zero-order valence-electron chi connectivity index (χ0n) is 14.2. The monoisotopic (exact) mass is 354 g/mol. The standard InChI is InChI=1S/C20H22N2O2S/c1-2-18(23)24-14-8-4-3-7-13-21-20-22-17-12-11-15-9-5-6-10-16(15)19(17)25-20/h2,5-6,9-12H,1,3-4,7-8,13-14H2,(H,21,22). The van der Waals surface area contributed by atoms with Crippen LogP contribution in [0.5, 0.6) is 0 Å². The molecule has 4 nitrogen and oxygen atoms in total. The van der Waals surface area contributed by atoms with Gasteiger partial charge in [-0.05, 0) is 30.7 Å². The van der Waals surface area contributed by atoms with Crippen LogP contribution in [0.3, 0.4) is 0 Å². The van der Waals surface area contributed by atoms with E-state index in [9.17, 15) is 4.79 Å². The van der Waals surface area contributed by atoms with Crippen LogP contribution in [0.2, 0.25) is 0 Å². The second kappa shape index (κ2) is 8.62. The van der Waals surface area contributed by atoms with E-state index in [1.165, 1.54) is 21.5 Å². The molecule has 0 bridgehead atoms. The summed E-state index contributed by atoms with van der Waals surface area (Å²) in [6.45, 7) is 4.76. The van der Waals surface area contributed by atoms with Crippen molar-refractivity contribution in [2.24, 2.45) is 0 Å². The van der Waals surface area contributed by atoms with E-state index in [4.69, 9.17) is 4.74 Å². The van der Waals surface area contributed by atoms with Gasteiger partial charge in [-0.3, -0.25) is 0 Å². The van der Waals surface area contributed by atoms with Gasteiger partial charge in [0.15, 0.2) is 5.13 Å². The molecule has 0 fully saturated rings. The molecule has 0 saturated carbocycles. The molecule has 2 aromatic carbocycles. The number of thiazole rings is 1. The molecular weight excluding hydrogens is 332 g/mol. The van der Waals surface area contributed by atoms with Crippen LogP contribution in [-0.4, -0.2) is 24.1 Å². The van der Waals surface area contributed by atoms with Gasteiger partial charge in [0.25, 0.3) is 0 Å². The minimum absolute atomic E-state index is 0.343. The van der Waals surface area contributed by atoms with E-state index >= 15 is 0 Å². The average Bonchev–Trinajstić information content (AvgIpc) is 3.07.